The lowest BCUT2D eigenvalue weighted by atomic mass is 10.2. The van der Waals surface area contributed by atoms with Gasteiger partial charge in [0.15, 0.2) is 0 Å². The van der Waals surface area contributed by atoms with E-state index in [1.807, 2.05) is 16.8 Å². The largest absolute Gasteiger partial charge is 0.447 e. The van der Waals surface area contributed by atoms with Gasteiger partial charge in [-0.05, 0) is 22.4 Å². The van der Waals surface area contributed by atoms with Crippen LogP contribution in [0.1, 0.15) is 11.6 Å². The van der Waals surface area contributed by atoms with E-state index in [1.54, 1.807) is 11.3 Å². The predicted octanol–water partition coefficient (Wildman–Crippen LogP) is 1.53. The molecular weight excluding hydrogens is 162 g/mol. The molecule has 1 aliphatic heterocycles. The van der Waals surface area contributed by atoms with Crippen molar-refractivity contribution in [3.8, 4) is 0 Å². The van der Waals surface area contributed by atoms with Gasteiger partial charge in [0.1, 0.15) is 6.61 Å². The topological polar surface area (TPSA) is 38.3 Å². The first-order valence-corrected chi connectivity index (χ1v) is 4.26. The maximum Gasteiger partial charge on any atom is 0.407 e. The van der Waals surface area contributed by atoms with Crippen molar-refractivity contribution < 1.29 is 9.53 Å². The summed E-state index contributed by atoms with van der Waals surface area (Å²) in [6, 6.07) is 2.05. The van der Waals surface area contributed by atoms with E-state index in [0.717, 1.165) is 5.56 Å². The van der Waals surface area contributed by atoms with Gasteiger partial charge >= 0.3 is 6.09 Å². The van der Waals surface area contributed by atoms with Crippen molar-refractivity contribution in [3.05, 3.63) is 22.4 Å². The van der Waals surface area contributed by atoms with Gasteiger partial charge in [0, 0.05) is 0 Å². The Morgan fingerprint density at radius 1 is 1.73 bits per heavy atom. The van der Waals surface area contributed by atoms with Gasteiger partial charge in [-0.25, -0.2) is 4.79 Å². The second-order valence-corrected chi connectivity index (χ2v) is 3.13. The number of nitrogens with one attached hydrogen (secondary N) is 1. The molecule has 2 rings (SSSR count). The molecule has 1 saturated heterocycles. The number of thiophene rings is 1. The maximum atomic E-state index is 10.6. The summed E-state index contributed by atoms with van der Waals surface area (Å²) in [4.78, 5) is 10.6. The molecule has 0 saturated carbocycles. The zero-order valence-corrected chi connectivity index (χ0v) is 6.56. The minimum Gasteiger partial charge on any atom is -0.447 e. The highest BCUT2D eigenvalue weighted by atomic mass is 32.1. The van der Waals surface area contributed by atoms with Gasteiger partial charge in [0.25, 0.3) is 0 Å². The van der Waals surface area contributed by atoms with E-state index < -0.39 is 0 Å². The van der Waals surface area contributed by atoms with E-state index >= 15 is 0 Å². The third kappa shape index (κ3) is 1.21. The SMILES string of the molecule is O=C1N[C@@H](c2ccsc2)CO1. The van der Waals surface area contributed by atoms with Crippen LogP contribution in [0, 0.1) is 0 Å². The van der Waals surface area contributed by atoms with Crippen molar-refractivity contribution in [1.29, 1.82) is 0 Å². The van der Waals surface area contributed by atoms with Crippen LogP contribution in [-0.2, 0) is 4.74 Å². The minimum atomic E-state index is -0.318. The number of rotatable bonds is 1. The number of ether oxygens (including phenoxy) is 1. The number of hydrogen-bond donors (Lipinski definition) is 1. The molecule has 3 nitrogen and oxygen atoms in total. The van der Waals surface area contributed by atoms with E-state index in [2.05, 4.69) is 5.32 Å². The third-order valence-electron chi connectivity index (χ3n) is 1.62. The van der Waals surface area contributed by atoms with E-state index in [-0.39, 0.29) is 12.1 Å². The third-order valence-corrected chi connectivity index (χ3v) is 2.32. The lowest BCUT2D eigenvalue weighted by Gasteiger charge is -2.01. The molecule has 4 heteroatoms. The minimum absolute atomic E-state index is 0.0637. The predicted molar refractivity (Wildman–Crippen MR) is 41.5 cm³/mol. The molecule has 58 valence electrons. The molecule has 1 aliphatic rings. The number of alkyl carbamates (subject to hydrolysis) is 1. The second kappa shape index (κ2) is 2.54. The van der Waals surface area contributed by atoms with Crippen LogP contribution in [-0.4, -0.2) is 12.7 Å². The smallest absolute Gasteiger partial charge is 0.407 e. The highest BCUT2D eigenvalue weighted by Crippen LogP contribution is 2.19. The molecule has 0 aromatic carbocycles. The van der Waals surface area contributed by atoms with Crippen LogP contribution in [0.15, 0.2) is 16.8 Å². The zero-order chi connectivity index (χ0) is 7.68. The molecule has 0 aliphatic carbocycles. The molecule has 1 N–H and O–H groups in total. The molecule has 1 amide bonds. The summed E-state index contributed by atoms with van der Waals surface area (Å²) < 4.78 is 4.74. The lowest BCUT2D eigenvalue weighted by Crippen LogP contribution is -2.17. The Morgan fingerprint density at radius 3 is 3.18 bits per heavy atom. The van der Waals surface area contributed by atoms with Gasteiger partial charge in [-0.15, -0.1) is 0 Å². The number of hydrogen-bond acceptors (Lipinski definition) is 3. The van der Waals surface area contributed by atoms with Crippen LogP contribution in [0.5, 0.6) is 0 Å². The first-order valence-electron chi connectivity index (χ1n) is 3.31. The van der Waals surface area contributed by atoms with Gasteiger partial charge in [-0.3, -0.25) is 0 Å². The normalized spacial score (nSPS) is 22.9. The molecule has 2 heterocycles. The summed E-state index contributed by atoms with van der Waals surface area (Å²) in [5.74, 6) is 0. The van der Waals surface area contributed by atoms with Crippen LogP contribution in [0.2, 0.25) is 0 Å². The Labute approximate surface area is 68.0 Å². The molecule has 1 aromatic heterocycles. The van der Waals surface area contributed by atoms with Crippen molar-refractivity contribution in [2.24, 2.45) is 0 Å². The first-order chi connectivity index (χ1) is 5.36. The Balaban J connectivity index is 2.13. The van der Waals surface area contributed by atoms with Crippen LogP contribution >= 0.6 is 11.3 Å². The number of carbonyl (C=O) groups excluding carboxylic acids is 1. The summed E-state index contributed by atoms with van der Waals surface area (Å²) in [7, 11) is 0. The fourth-order valence-corrected chi connectivity index (χ4v) is 1.75. The zero-order valence-electron chi connectivity index (χ0n) is 5.74. The fraction of sp³-hybridized carbons (Fsp3) is 0.286. The van der Waals surface area contributed by atoms with Crippen LogP contribution in [0.25, 0.3) is 0 Å². The van der Waals surface area contributed by atoms with E-state index in [1.165, 1.54) is 0 Å². The molecule has 0 radical (unpaired) electrons. The molecule has 0 spiro atoms. The van der Waals surface area contributed by atoms with Crippen molar-refractivity contribution in [1.82, 2.24) is 5.32 Å². The van der Waals surface area contributed by atoms with E-state index in [9.17, 15) is 4.79 Å². The van der Waals surface area contributed by atoms with Crippen molar-refractivity contribution in [2.45, 2.75) is 6.04 Å². The standard InChI is InChI=1S/C7H7NO2S/c9-7-8-6(3-10-7)5-1-2-11-4-5/h1-2,4,6H,3H2,(H,8,9)/t6-/m1/s1. The Bertz CT molecular complexity index is 257. The lowest BCUT2D eigenvalue weighted by molar-refractivity contribution is 0.177. The fourth-order valence-electron chi connectivity index (χ4n) is 1.04. The van der Waals surface area contributed by atoms with Crippen molar-refractivity contribution in [2.75, 3.05) is 6.61 Å². The Hall–Kier alpha value is -1.03. The average Bonchev–Trinajstić information content (AvgIpc) is 2.55. The van der Waals surface area contributed by atoms with Crippen LogP contribution in [0.4, 0.5) is 4.79 Å². The van der Waals surface area contributed by atoms with Gasteiger partial charge in [0.2, 0.25) is 0 Å². The molecular formula is C7H7NO2S. The number of cyclic esters (lactones) is 1. The molecule has 11 heavy (non-hydrogen) atoms. The van der Waals surface area contributed by atoms with Gasteiger partial charge in [-0.1, -0.05) is 0 Å². The monoisotopic (exact) mass is 169 g/mol. The van der Waals surface area contributed by atoms with Crippen molar-refractivity contribution in [3.63, 3.8) is 0 Å². The van der Waals surface area contributed by atoms with Gasteiger partial charge in [-0.2, -0.15) is 11.3 Å². The first kappa shape index (κ1) is 6.67. The Morgan fingerprint density at radius 2 is 2.64 bits per heavy atom. The average molecular weight is 169 g/mol. The molecule has 1 atom stereocenters. The van der Waals surface area contributed by atoms with Crippen LogP contribution < -0.4 is 5.32 Å². The number of carbonyl (C=O) groups is 1. The summed E-state index contributed by atoms with van der Waals surface area (Å²) in [6.45, 7) is 0.454. The summed E-state index contributed by atoms with van der Waals surface area (Å²) in [6.07, 6.45) is -0.318. The highest BCUT2D eigenvalue weighted by Gasteiger charge is 2.23. The van der Waals surface area contributed by atoms with E-state index in [4.69, 9.17) is 4.74 Å². The maximum absolute atomic E-state index is 10.6. The summed E-state index contributed by atoms with van der Waals surface area (Å²) in [5.41, 5.74) is 1.13. The second-order valence-electron chi connectivity index (χ2n) is 2.35. The van der Waals surface area contributed by atoms with Gasteiger partial charge in [0.05, 0.1) is 6.04 Å². The Kier molecular flexibility index (Phi) is 1.54. The number of amides is 1. The quantitative estimate of drug-likeness (QED) is 0.692. The molecule has 0 bridgehead atoms. The van der Waals surface area contributed by atoms with Gasteiger partial charge < -0.3 is 10.1 Å². The summed E-state index contributed by atoms with van der Waals surface area (Å²) in [5, 5.41) is 6.70. The summed E-state index contributed by atoms with van der Waals surface area (Å²) >= 11 is 1.62. The highest BCUT2D eigenvalue weighted by molar-refractivity contribution is 7.07. The van der Waals surface area contributed by atoms with Crippen molar-refractivity contribution >= 4 is 17.4 Å². The van der Waals surface area contributed by atoms with E-state index in [0.29, 0.717) is 6.61 Å². The molecule has 1 aromatic rings. The molecule has 0 unspecified atom stereocenters. The van der Waals surface area contributed by atoms with Crippen LogP contribution in [0.3, 0.4) is 0 Å². The molecule has 1 fully saturated rings.